The van der Waals surface area contributed by atoms with Crippen LogP contribution in [0.4, 0.5) is 10.1 Å². The second-order valence-electron chi connectivity index (χ2n) is 3.86. The number of ether oxygens (including phenoxy) is 1. The monoisotopic (exact) mass is 289 g/mol. The Morgan fingerprint density at radius 1 is 1.47 bits per heavy atom. The van der Waals surface area contributed by atoms with Crippen molar-refractivity contribution in [2.24, 2.45) is 7.05 Å². The third-order valence-electron chi connectivity index (χ3n) is 2.60. The highest BCUT2D eigenvalue weighted by Crippen LogP contribution is 2.22. The van der Waals surface area contributed by atoms with Crippen molar-refractivity contribution in [2.75, 3.05) is 12.4 Å². The number of hydrogen-bond acceptors (Lipinski definition) is 4. The Balaban J connectivity index is 0.00000180. The van der Waals surface area contributed by atoms with E-state index in [1.54, 1.807) is 25.0 Å². The van der Waals surface area contributed by atoms with E-state index in [4.69, 9.17) is 4.74 Å². The van der Waals surface area contributed by atoms with Crippen LogP contribution in [0, 0.1) is 5.95 Å². The van der Waals surface area contributed by atoms with Gasteiger partial charge in [0.15, 0.2) is 0 Å². The molecule has 2 aromatic heterocycles. The Bertz CT molecular complexity index is 539. The first kappa shape index (κ1) is 15.3. The Labute approximate surface area is 117 Å². The molecule has 8 heteroatoms. The van der Waals surface area contributed by atoms with Crippen LogP contribution < -0.4 is 10.1 Å². The lowest BCUT2D eigenvalue weighted by molar-refractivity contribution is 0.393. The van der Waals surface area contributed by atoms with E-state index in [0.717, 1.165) is 5.69 Å². The molecule has 19 heavy (non-hydrogen) atoms. The predicted octanol–water partition coefficient (Wildman–Crippen LogP) is 1.82. The summed E-state index contributed by atoms with van der Waals surface area (Å²) in [5.41, 5.74) is 1.24. The zero-order chi connectivity index (χ0) is 13.1. The van der Waals surface area contributed by atoms with E-state index in [1.807, 2.05) is 6.92 Å². The van der Waals surface area contributed by atoms with E-state index in [9.17, 15) is 4.39 Å². The van der Waals surface area contributed by atoms with Gasteiger partial charge >= 0.3 is 0 Å². The molecule has 2 aromatic rings. The minimum absolute atomic E-state index is 0. The number of aromatic nitrogens is 4. The number of methoxy groups -OCH3 is 1. The van der Waals surface area contributed by atoms with Gasteiger partial charge in [-0.2, -0.15) is 9.49 Å². The molecule has 0 bridgehead atoms. The standard InChI is InChI=1S/C11H16FN5O.ClH/c1-4-17-10(12)8(6-14-17)5-13-9-7-16(2)15-11(9)18-3;/h6-7,13H,4-5H2,1-3H3;1H. The molecule has 0 atom stereocenters. The number of nitrogens with one attached hydrogen (secondary N) is 1. The maximum absolute atomic E-state index is 13.7. The van der Waals surface area contributed by atoms with Gasteiger partial charge in [0.2, 0.25) is 5.95 Å². The van der Waals surface area contributed by atoms with Crippen molar-refractivity contribution >= 4 is 18.1 Å². The lowest BCUT2D eigenvalue weighted by atomic mass is 10.3. The molecule has 0 fully saturated rings. The third kappa shape index (κ3) is 3.17. The van der Waals surface area contributed by atoms with Crippen molar-refractivity contribution in [3.05, 3.63) is 23.9 Å². The van der Waals surface area contributed by atoms with Gasteiger partial charge in [-0.05, 0) is 6.92 Å². The fourth-order valence-electron chi connectivity index (χ4n) is 1.68. The Hall–Kier alpha value is -1.76. The Kier molecular flexibility index (Phi) is 5.17. The maximum Gasteiger partial charge on any atom is 0.256 e. The van der Waals surface area contributed by atoms with E-state index in [2.05, 4.69) is 15.5 Å². The highest BCUT2D eigenvalue weighted by atomic mass is 35.5. The largest absolute Gasteiger partial charge is 0.478 e. The summed E-state index contributed by atoms with van der Waals surface area (Å²) in [6, 6.07) is 0. The van der Waals surface area contributed by atoms with E-state index >= 15 is 0 Å². The van der Waals surface area contributed by atoms with Crippen molar-refractivity contribution in [1.82, 2.24) is 19.6 Å². The molecule has 0 unspecified atom stereocenters. The van der Waals surface area contributed by atoms with Gasteiger partial charge in [-0.3, -0.25) is 4.68 Å². The molecule has 6 nitrogen and oxygen atoms in total. The average molecular weight is 290 g/mol. The Morgan fingerprint density at radius 2 is 2.21 bits per heavy atom. The van der Waals surface area contributed by atoms with Gasteiger partial charge in [-0.1, -0.05) is 0 Å². The fraction of sp³-hybridized carbons (Fsp3) is 0.455. The Morgan fingerprint density at radius 3 is 2.79 bits per heavy atom. The number of nitrogens with zero attached hydrogens (tertiary/aromatic N) is 4. The second kappa shape index (κ2) is 6.42. The molecule has 0 aliphatic heterocycles. The maximum atomic E-state index is 13.7. The lowest BCUT2D eigenvalue weighted by Crippen LogP contribution is -2.04. The molecule has 0 aliphatic carbocycles. The summed E-state index contributed by atoms with van der Waals surface area (Å²) >= 11 is 0. The van der Waals surface area contributed by atoms with E-state index < -0.39 is 0 Å². The van der Waals surface area contributed by atoms with Crippen LogP contribution in [0.3, 0.4) is 0 Å². The number of aryl methyl sites for hydroxylation is 2. The minimum atomic E-state index is -0.312. The molecule has 0 spiro atoms. The molecule has 0 aromatic carbocycles. The van der Waals surface area contributed by atoms with Crippen LogP contribution in [0.1, 0.15) is 12.5 Å². The van der Waals surface area contributed by atoms with E-state index in [1.165, 1.54) is 10.9 Å². The summed E-state index contributed by atoms with van der Waals surface area (Å²) in [6.07, 6.45) is 3.30. The summed E-state index contributed by atoms with van der Waals surface area (Å²) in [5, 5.41) is 11.1. The molecule has 0 radical (unpaired) electrons. The molecule has 1 N–H and O–H groups in total. The van der Waals surface area contributed by atoms with Crippen molar-refractivity contribution in [3.63, 3.8) is 0 Å². The van der Waals surface area contributed by atoms with Gasteiger partial charge in [0.05, 0.1) is 19.5 Å². The van der Waals surface area contributed by atoms with Gasteiger partial charge in [0.25, 0.3) is 5.88 Å². The van der Waals surface area contributed by atoms with Crippen LogP contribution in [0.15, 0.2) is 12.4 Å². The first-order chi connectivity index (χ1) is 8.65. The van der Waals surface area contributed by atoms with Crippen molar-refractivity contribution in [2.45, 2.75) is 20.0 Å². The highest BCUT2D eigenvalue weighted by molar-refractivity contribution is 5.85. The molecular formula is C11H17ClFN5O. The lowest BCUT2D eigenvalue weighted by Gasteiger charge is -2.04. The average Bonchev–Trinajstić information content (AvgIpc) is 2.89. The van der Waals surface area contributed by atoms with Gasteiger partial charge in [0.1, 0.15) is 5.69 Å². The first-order valence-electron chi connectivity index (χ1n) is 5.67. The minimum Gasteiger partial charge on any atom is -0.478 e. The number of hydrogen-bond donors (Lipinski definition) is 1. The molecule has 0 saturated heterocycles. The summed E-state index contributed by atoms with van der Waals surface area (Å²) < 4.78 is 21.8. The summed E-state index contributed by atoms with van der Waals surface area (Å²) in [5.74, 6) is 0.175. The van der Waals surface area contributed by atoms with Crippen molar-refractivity contribution in [3.8, 4) is 5.88 Å². The molecule has 0 aliphatic rings. The van der Waals surface area contributed by atoms with E-state index in [-0.39, 0.29) is 18.4 Å². The van der Waals surface area contributed by atoms with Crippen LogP contribution in [0.2, 0.25) is 0 Å². The predicted molar refractivity (Wildman–Crippen MR) is 72.2 cm³/mol. The molecule has 0 saturated carbocycles. The molecule has 2 rings (SSSR count). The number of halogens is 2. The first-order valence-corrected chi connectivity index (χ1v) is 5.67. The molecule has 106 valence electrons. The molecular weight excluding hydrogens is 273 g/mol. The molecule has 2 heterocycles. The van der Waals surface area contributed by atoms with Crippen molar-refractivity contribution < 1.29 is 9.13 Å². The quantitative estimate of drug-likeness (QED) is 0.912. The van der Waals surface area contributed by atoms with Crippen molar-refractivity contribution in [1.29, 1.82) is 0 Å². The zero-order valence-electron chi connectivity index (χ0n) is 11.1. The highest BCUT2D eigenvalue weighted by Gasteiger charge is 2.11. The normalized spacial score (nSPS) is 10.1. The number of anilines is 1. The summed E-state index contributed by atoms with van der Waals surface area (Å²) in [7, 11) is 3.34. The van der Waals surface area contributed by atoms with Crippen LogP contribution >= 0.6 is 12.4 Å². The molecule has 0 amide bonds. The smallest absolute Gasteiger partial charge is 0.256 e. The van der Waals surface area contributed by atoms with Crippen LogP contribution in [0.5, 0.6) is 5.88 Å². The van der Waals surface area contributed by atoms with Gasteiger partial charge < -0.3 is 10.1 Å². The summed E-state index contributed by atoms with van der Waals surface area (Å²) in [4.78, 5) is 0. The fourth-order valence-corrected chi connectivity index (χ4v) is 1.68. The van der Waals surface area contributed by atoms with Gasteiger partial charge in [-0.25, -0.2) is 4.68 Å². The zero-order valence-corrected chi connectivity index (χ0v) is 11.9. The van der Waals surface area contributed by atoms with Gasteiger partial charge in [-0.15, -0.1) is 17.5 Å². The summed E-state index contributed by atoms with van der Waals surface area (Å²) in [6.45, 7) is 2.70. The number of rotatable bonds is 5. The van der Waals surface area contributed by atoms with E-state index in [0.29, 0.717) is 24.5 Å². The van der Waals surface area contributed by atoms with Crippen LogP contribution in [-0.2, 0) is 20.1 Å². The van der Waals surface area contributed by atoms with Crippen LogP contribution in [-0.4, -0.2) is 26.7 Å². The van der Waals surface area contributed by atoms with Crippen LogP contribution in [0.25, 0.3) is 0 Å². The topological polar surface area (TPSA) is 56.9 Å². The third-order valence-corrected chi connectivity index (χ3v) is 2.60. The van der Waals surface area contributed by atoms with Gasteiger partial charge in [0, 0.05) is 25.7 Å². The SMILES string of the molecule is CCn1ncc(CNc2cn(C)nc2OC)c1F.Cl. The second-order valence-corrected chi connectivity index (χ2v) is 3.86.